The quantitative estimate of drug-likeness (QED) is 0.292. The summed E-state index contributed by atoms with van der Waals surface area (Å²) in [5, 5.41) is 2.99. The van der Waals surface area contributed by atoms with Crippen molar-refractivity contribution in [1.82, 2.24) is 0 Å². The number of esters is 1. The minimum atomic E-state index is -0.266. The molecule has 4 aromatic rings. The van der Waals surface area contributed by atoms with E-state index in [1.165, 1.54) is 0 Å². The van der Waals surface area contributed by atoms with E-state index < -0.39 is 0 Å². The third-order valence-electron chi connectivity index (χ3n) is 4.64. The van der Waals surface area contributed by atoms with Gasteiger partial charge in [0.1, 0.15) is 11.2 Å². The molecule has 0 spiro atoms. The van der Waals surface area contributed by atoms with Crippen LogP contribution in [0.1, 0.15) is 25.8 Å². The highest BCUT2D eigenvalue weighted by atomic mass is 16.5. The molecule has 3 aromatic carbocycles. The maximum absolute atomic E-state index is 13.4. The molecule has 0 atom stereocenters. The van der Waals surface area contributed by atoms with Crippen LogP contribution in [0.4, 0.5) is 0 Å². The van der Waals surface area contributed by atoms with Gasteiger partial charge in [-0.1, -0.05) is 42.5 Å². The predicted molar refractivity (Wildman–Crippen MR) is 107 cm³/mol. The molecule has 0 aliphatic rings. The molecule has 0 fully saturated rings. The standard InChI is InChI=1S/C23H20O4/c1-14(2)26-20(24)13-11-16-7-5-9-18-21(16)23(25)22-17-8-4-3-6-15(17)10-12-19(22)27-18/h3-10,12,14H,11,13H2,1-2H3. The van der Waals surface area contributed by atoms with Crippen LogP contribution < -0.4 is 5.43 Å². The van der Waals surface area contributed by atoms with Crippen LogP contribution in [0.2, 0.25) is 0 Å². The highest BCUT2D eigenvalue weighted by Gasteiger charge is 2.15. The molecule has 0 amide bonds. The maximum atomic E-state index is 13.4. The van der Waals surface area contributed by atoms with Crippen LogP contribution in [0.25, 0.3) is 32.7 Å². The van der Waals surface area contributed by atoms with Crippen molar-refractivity contribution in [1.29, 1.82) is 0 Å². The van der Waals surface area contributed by atoms with Crippen molar-refractivity contribution >= 4 is 38.7 Å². The predicted octanol–water partition coefficient (Wildman–Crippen LogP) is 4.98. The highest BCUT2D eigenvalue weighted by Crippen LogP contribution is 2.27. The van der Waals surface area contributed by atoms with Gasteiger partial charge in [0.25, 0.3) is 0 Å². The topological polar surface area (TPSA) is 56.5 Å². The Hall–Kier alpha value is -3.14. The average molecular weight is 360 g/mol. The smallest absolute Gasteiger partial charge is 0.306 e. The monoisotopic (exact) mass is 360 g/mol. The van der Waals surface area contributed by atoms with E-state index in [1.54, 1.807) is 6.07 Å². The van der Waals surface area contributed by atoms with Crippen molar-refractivity contribution in [3.8, 4) is 0 Å². The second-order valence-corrected chi connectivity index (χ2v) is 6.92. The Morgan fingerprint density at radius 2 is 1.74 bits per heavy atom. The first-order valence-electron chi connectivity index (χ1n) is 9.10. The first-order valence-corrected chi connectivity index (χ1v) is 9.10. The fraction of sp³-hybridized carbons (Fsp3) is 0.217. The molecule has 136 valence electrons. The molecule has 0 bridgehead atoms. The molecule has 4 heteroatoms. The lowest BCUT2D eigenvalue weighted by Crippen LogP contribution is -2.13. The second kappa shape index (κ2) is 6.88. The van der Waals surface area contributed by atoms with Gasteiger partial charge >= 0.3 is 5.97 Å². The lowest BCUT2D eigenvalue weighted by Gasteiger charge is -2.10. The number of rotatable bonds is 4. The van der Waals surface area contributed by atoms with Crippen molar-refractivity contribution in [2.24, 2.45) is 0 Å². The summed E-state index contributed by atoms with van der Waals surface area (Å²) < 4.78 is 11.2. The van der Waals surface area contributed by atoms with Gasteiger partial charge in [0.15, 0.2) is 0 Å². The maximum Gasteiger partial charge on any atom is 0.306 e. The van der Waals surface area contributed by atoms with E-state index in [0.717, 1.165) is 16.3 Å². The Morgan fingerprint density at radius 3 is 2.56 bits per heavy atom. The first-order chi connectivity index (χ1) is 13.0. The molecule has 0 aliphatic heterocycles. The summed E-state index contributed by atoms with van der Waals surface area (Å²) in [7, 11) is 0. The number of ether oxygens (including phenoxy) is 1. The van der Waals surface area contributed by atoms with E-state index in [4.69, 9.17) is 9.15 Å². The van der Waals surface area contributed by atoms with Crippen LogP contribution in [-0.2, 0) is 16.0 Å². The molecular formula is C23H20O4. The number of carbonyl (C=O) groups excluding carboxylic acids is 1. The molecule has 0 saturated carbocycles. The van der Waals surface area contributed by atoms with Crippen LogP contribution in [0.3, 0.4) is 0 Å². The SMILES string of the molecule is CC(C)OC(=O)CCc1cccc2oc3ccc4ccccc4c3c(=O)c12. The third kappa shape index (κ3) is 3.19. The highest BCUT2D eigenvalue weighted by molar-refractivity contribution is 6.08. The van der Waals surface area contributed by atoms with Gasteiger partial charge in [-0.05, 0) is 48.7 Å². The number of carbonyl (C=O) groups is 1. The number of hydrogen-bond acceptors (Lipinski definition) is 4. The minimum absolute atomic E-state index is 0.0594. The normalized spacial score (nSPS) is 11.5. The Labute approximate surface area is 156 Å². The summed E-state index contributed by atoms with van der Waals surface area (Å²) in [5.41, 5.74) is 1.85. The fourth-order valence-electron chi connectivity index (χ4n) is 3.50. The van der Waals surface area contributed by atoms with Crippen LogP contribution in [0.15, 0.2) is 63.8 Å². The molecule has 0 saturated heterocycles. The third-order valence-corrected chi connectivity index (χ3v) is 4.64. The summed E-state index contributed by atoms with van der Waals surface area (Å²) in [4.78, 5) is 25.3. The minimum Gasteiger partial charge on any atom is -0.463 e. The van der Waals surface area contributed by atoms with Crippen molar-refractivity contribution in [3.63, 3.8) is 0 Å². The van der Waals surface area contributed by atoms with Gasteiger partial charge in [-0.3, -0.25) is 9.59 Å². The van der Waals surface area contributed by atoms with Crippen LogP contribution >= 0.6 is 0 Å². The molecule has 0 aliphatic carbocycles. The Morgan fingerprint density at radius 1 is 0.963 bits per heavy atom. The van der Waals surface area contributed by atoms with E-state index in [-0.39, 0.29) is 23.9 Å². The van der Waals surface area contributed by atoms with Gasteiger partial charge in [0, 0.05) is 6.42 Å². The van der Waals surface area contributed by atoms with Gasteiger partial charge in [0.2, 0.25) is 5.43 Å². The van der Waals surface area contributed by atoms with Crippen LogP contribution in [0.5, 0.6) is 0 Å². The van der Waals surface area contributed by atoms with E-state index in [0.29, 0.717) is 28.4 Å². The Balaban J connectivity index is 1.89. The average Bonchev–Trinajstić information content (AvgIpc) is 2.65. The molecule has 1 heterocycles. The van der Waals surface area contributed by atoms with Crippen molar-refractivity contribution in [3.05, 3.63) is 70.4 Å². The van der Waals surface area contributed by atoms with Crippen LogP contribution in [-0.4, -0.2) is 12.1 Å². The summed E-state index contributed by atoms with van der Waals surface area (Å²) >= 11 is 0. The molecule has 0 N–H and O–H groups in total. The molecule has 4 nitrogen and oxygen atoms in total. The molecular weight excluding hydrogens is 340 g/mol. The van der Waals surface area contributed by atoms with Crippen molar-refractivity contribution in [2.75, 3.05) is 0 Å². The first kappa shape index (κ1) is 17.3. The van der Waals surface area contributed by atoms with E-state index in [2.05, 4.69) is 0 Å². The zero-order valence-corrected chi connectivity index (χ0v) is 15.3. The molecule has 0 unspecified atom stereocenters. The Bertz CT molecular complexity index is 1220. The summed E-state index contributed by atoms with van der Waals surface area (Å²) in [6, 6.07) is 17.1. The zero-order valence-electron chi connectivity index (χ0n) is 15.3. The number of hydrogen-bond donors (Lipinski definition) is 0. The van der Waals surface area contributed by atoms with Gasteiger partial charge in [-0.25, -0.2) is 0 Å². The van der Waals surface area contributed by atoms with Crippen LogP contribution in [0, 0.1) is 0 Å². The number of benzene rings is 3. The lowest BCUT2D eigenvalue weighted by molar-refractivity contribution is -0.147. The number of fused-ring (bicyclic) bond motifs is 4. The van der Waals surface area contributed by atoms with Gasteiger partial charge < -0.3 is 9.15 Å². The molecule has 4 rings (SSSR count). The van der Waals surface area contributed by atoms with Crippen molar-refractivity contribution < 1.29 is 13.9 Å². The van der Waals surface area contributed by atoms with Gasteiger partial charge in [-0.15, -0.1) is 0 Å². The van der Waals surface area contributed by atoms with Gasteiger partial charge in [-0.2, -0.15) is 0 Å². The van der Waals surface area contributed by atoms with E-state index >= 15 is 0 Å². The number of aryl methyl sites for hydroxylation is 1. The van der Waals surface area contributed by atoms with E-state index in [9.17, 15) is 9.59 Å². The lowest BCUT2D eigenvalue weighted by atomic mass is 10.00. The van der Waals surface area contributed by atoms with Crippen molar-refractivity contribution in [2.45, 2.75) is 32.8 Å². The summed E-state index contributed by atoms with van der Waals surface area (Å²) in [5.74, 6) is -0.266. The summed E-state index contributed by atoms with van der Waals surface area (Å²) in [6.07, 6.45) is 0.513. The molecule has 1 aromatic heterocycles. The zero-order chi connectivity index (χ0) is 19.0. The Kier molecular flexibility index (Phi) is 4.40. The van der Waals surface area contributed by atoms with Gasteiger partial charge in [0.05, 0.1) is 16.9 Å². The fourth-order valence-corrected chi connectivity index (χ4v) is 3.50. The second-order valence-electron chi connectivity index (χ2n) is 6.92. The largest absolute Gasteiger partial charge is 0.463 e. The molecule has 0 radical (unpaired) electrons. The molecule has 27 heavy (non-hydrogen) atoms. The van der Waals surface area contributed by atoms with E-state index in [1.807, 2.05) is 62.4 Å². The summed E-state index contributed by atoms with van der Waals surface area (Å²) in [6.45, 7) is 3.64.